The van der Waals surface area contributed by atoms with E-state index in [9.17, 15) is 0 Å². The van der Waals surface area contributed by atoms with Crippen molar-refractivity contribution in [2.45, 2.75) is 45.7 Å². The zero-order valence-corrected chi connectivity index (χ0v) is 13.0. The molecule has 0 radical (unpaired) electrons. The van der Waals surface area contributed by atoms with Crippen LogP contribution in [0, 0.1) is 5.92 Å². The van der Waals surface area contributed by atoms with Gasteiger partial charge in [-0.05, 0) is 39.5 Å². The minimum absolute atomic E-state index is 0.0389. The van der Waals surface area contributed by atoms with Crippen molar-refractivity contribution < 1.29 is 9.15 Å². The van der Waals surface area contributed by atoms with Gasteiger partial charge in [-0.25, -0.2) is 0 Å². The van der Waals surface area contributed by atoms with Crippen molar-refractivity contribution in [1.82, 2.24) is 15.5 Å². The molecule has 1 saturated carbocycles. The Morgan fingerprint density at radius 2 is 2.10 bits per heavy atom. The first kappa shape index (κ1) is 15.3. The summed E-state index contributed by atoms with van der Waals surface area (Å²) in [5, 5.41) is 11.4. The maximum absolute atomic E-state index is 5.62. The molecule has 0 saturated heterocycles. The number of ether oxygens (including phenoxy) is 1. The average molecular weight is 282 g/mol. The zero-order valence-electron chi connectivity index (χ0n) is 13.0. The van der Waals surface area contributed by atoms with Crippen LogP contribution in [-0.4, -0.2) is 42.5 Å². The number of likely N-dealkylation sites (N-methyl/N-ethyl adjacent to an activating group) is 1. The van der Waals surface area contributed by atoms with E-state index in [2.05, 4.69) is 36.3 Å². The molecule has 6 nitrogen and oxygen atoms in total. The smallest absolute Gasteiger partial charge is 0.318 e. The molecule has 1 aliphatic carbocycles. The molecule has 0 aromatic carbocycles. The van der Waals surface area contributed by atoms with Gasteiger partial charge in [0.1, 0.15) is 0 Å². The standard InChI is InChI=1S/C14H26N4O2/c1-14(2,3)15-9-12-16-17-13(20-12)18(4)7-8-19-10-11-5-6-11/h11,15H,5-10H2,1-4H3. The van der Waals surface area contributed by atoms with E-state index in [-0.39, 0.29) is 5.54 Å². The Morgan fingerprint density at radius 3 is 2.75 bits per heavy atom. The predicted molar refractivity (Wildman–Crippen MR) is 77.7 cm³/mol. The summed E-state index contributed by atoms with van der Waals surface area (Å²) in [6.45, 7) is 9.25. The van der Waals surface area contributed by atoms with Crippen molar-refractivity contribution in [3.8, 4) is 0 Å². The van der Waals surface area contributed by atoms with Crippen LogP contribution < -0.4 is 10.2 Å². The molecule has 1 fully saturated rings. The van der Waals surface area contributed by atoms with E-state index in [0.717, 1.165) is 19.1 Å². The van der Waals surface area contributed by atoms with Crippen molar-refractivity contribution in [2.24, 2.45) is 5.92 Å². The Morgan fingerprint density at radius 1 is 1.35 bits per heavy atom. The van der Waals surface area contributed by atoms with Crippen LogP contribution in [0.25, 0.3) is 0 Å². The second-order valence-corrected chi connectivity index (χ2v) is 6.52. The number of aromatic nitrogens is 2. The van der Waals surface area contributed by atoms with E-state index in [4.69, 9.17) is 9.15 Å². The summed E-state index contributed by atoms with van der Waals surface area (Å²) in [6.07, 6.45) is 2.65. The van der Waals surface area contributed by atoms with E-state index in [1.54, 1.807) is 0 Å². The molecule has 1 heterocycles. The SMILES string of the molecule is CN(CCOCC1CC1)c1nnc(CNC(C)(C)C)o1. The second kappa shape index (κ2) is 6.54. The molecule has 114 valence electrons. The third-order valence-electron chi connectivity index (χ3n) is 3.17. The summed E-state index contributed by atoms with van der Waals surface area (Å²) in [4.78, 5) is 1.93. The van der Waals surface area contributed by atoms with E-state index in [0.29, 0.717) is 25.1 Å². The van der Waals surface area contributed by atoms with Crippen LogP contribution in [0.5, 0.6) is 0 Å². The topological polar surface area (TPSA) is 63.4 Å². The normalized spacial score (nSPS) is 15.6. The molecule has 1 aromatic heterocycles. The Kier molecular flexibility index (Phi) is 4.99. The van der Waals surface area contributed by atoms with Crippen molar-refractivity contribution in [1.29, 1.82) is 0 Å². The minimum atomic E-state index is 0.0389. The van der Waals surface area contributed by atoms with Gasteiger partial charge in [0.15, 0.2) is 0 Å². The maximum Gasteiger partial charge on any atom is 0.318 e. The summed E-state index contributed by atoms with van der Waals surface area (Å²) < 4.78 is 11.2. The van der Waals surface area contributed by atoms with Crippen molar-refractivity contribution in [3.05, 3.63) is 5.89 Å². The van der Waals surface area contributed by atoms with Gasteiger partial charge in [0.2, 0.25) is 5.89 Å². The summed E-state index contributed by atoms with van der Waals surface area (Å²) >= 11 is 0. The van der Waals surface area contributed by atoms with Gasteiger partial charge in [0.05, 0.1) is 13.2 Å². The molecule has 1 N–H and O–H groups in total. The van der Waals surface area contributed by atoms with Gasteiger partial charge in [0.25, 0.3) is 0 Å². The van der Waals surface area contributed by atoms with Crippen LogP contribution >= 0.6 is 0 Å². The third kappa shape index (κ3) is 5.46. The van der Waals surface area contributed by atoms with E-state index in [1.807, 2.05) is 11.9 Å². The highest BCUT2D eigenvalue weighted by Crippen LogP contribution is 2.28. The van der Waals surface area contributed by atoms with Crippen molar-refractivity contribution in [2.75, 3.05) is 31.7 Å². The first-order valence-corrected chi connectivity index (χ1v) is 7.30. The van der Waals surface area contributed by atoms with Gasteiger partial charge in [-0.15, -0.1) is 5.10 Å². The highest BCUT2D eigenvalue weighted by Gasteiger charge is 2.21. The minimum Gasteiger partial charge on any atom is -0.407 e. The largest absolute Gasteiger partial charge is 0.407 e. The Bertz CT molecular complexity index is 410. The maximum atomic E-state index is 5.62. The van der Waals surface area contributed by atoms with Crippen LogP contribution in [0.2, 0.25) is 0 Å². The summed E-state index contributed by atoms with van der Waals surface area (Å²) in [5.41, 5.74) is 0.0389. The van der Waals surface area contributed by atoms with Crippen molar-refractivity contribution >= 4 is 6.01 Å². The number of hydrogen-bond acceptors (Lipinski definition) is 6. The molecule has 0 atom stereocenters. The number of hydrogen-bond donors (Lipinski definition) is 1. The molecular formula is C14H26N4O2. The van der Waals surface area contributed by atoms with Gasteiger partial charge < -0.3 is 19.4 Å². The number of rotatable bonds is 8. The summed E-state index contributed by atoms with van der Waals surface area (Å²) in [7, 11) is 1.94. The molecule has 20 heavy (non-hydrogen) atoms. The van der Waals surface area contributed by atoms with Gasteiger partial charge in [-0.3, -0.25) is 0 Å². The fourth-order valence-electron chi connectivity index (χ4n) is 1.64. The summed E-state index contributed by atoms with van der Waals surface area (Å²) in [6, 6.07) is 0.547. The molecule has 1 aliphatic rings. The fraction of sp³-hybridized carbons (Fsp3) is 0.857. The Hall–Kier alpha value is -1.14. The van der Waals surface area contributed by atoms with Crippen molar-refractivity contribution in [3.63, 3.8) is 0 Å². The Labute approximate surface area is 120 Å². The number of anilines is 1. The summed E-state index contributed by atoms with van der Waals surface area (Å²) in [5.74, 6) is 1.42. The third-order valence-corrected chi connectivity index (χ3v) is 3.17. The lowest BCUT2D eigenvalue weighted by molar-refractivity contribution is 0.130. The molecule has 0 amide bonds. The monoisotopic (exact) mass is 282 g/mol. The van der Waals surface area contributed by atoms with Crippen LogP contribution in [0.1, 0.15) is 39.5 Å². The predicted octanol–water partition coefficient (Wildman–Crippen LogP) is 1.82. The lowest BCUT2D eigenvalue weighted by atomic mass is 10.1. The molecule has 6 heteroatoms. The quantitative estimate of drug-likeness (QED) is 0.734. The first-order valence-electron chi connectivity index (χ1n) is 7.30. The second-order valence-electron chi connectivity index (χ2n) is 6.52. The van der Waals surface area contributed by atoms with Gasteiger partial charge in [-0.1, -0.05) is 5.10 Å². The Balaban J connectivity index is 1.69. The zero-order chi connectivity index (χ0) is 14.6. The fourth-order valence-corrected chi connectivity index (χ4v) is 1.64. The van der Waals surface area contributed by atoms with Crippen LogP contribution in [0.15, 0.2) is 4.42 Å². The van der Waals surface area contributed by atoms with Crippen LogP contribution in [-0.2, 0) is 11.3 Å². The molecular weight excluding hydrogens is 256 g/mol. The molecule has 0 bridgehead atoms. The van der Waals surface area contributed by atoms with E-state index >= 15 is 0 Å². The highest BCUT2D eigenvalue weighted by molar-refractivity contribution is 5.21. The number of nitrogens with zero attached hydrogens (tertiary/aromatic N) is 3. The molecule has 0 unspecified atom stereocenters. The lowest BCUT2D eigenvalue weighted by Crippen LogP contribution is -2.35. The van der Waals surface area contributed by atoms with Gasteiger partial charge in [0, 0.05) is 25.7 Å². The first-order chi connectivity index (χ1) is 9.44. The van der Waals surface area contributed by atoms with Gasteiger partial charge in [-0.2, -0.15) is 0 Å². The molecule has 0 spiro atoms. The van der Waals surface area contributed by atoms with Crippen LogP contribution in [0.3, 0.4) is 0 Å². The molecule has 0 aliphatic heterocycles. The van der Waals surface area contributed by atoms with E-state index in [1.165, 1.54) is 12.8 Å². The van der Waals surface area contributed by atoms with Crippen LogP contribution in [0.4, 0.5) is 6.01 Å². The molecule has 1 aromatic rings. The lowest BCUT2D eigenvalue weighted by Gasteiger charge is -2.18. The molecule has 2 rings (SSSR count). The highest BCUT2D eigenvalue weighted by atomic mass is 16.5. The number of nitrogens with one attached hydrogen (secondary N) is 1. The van der Waals surface area contributed by atoms with Gasteiger partial charge >= 0.3 is 6.01 Å². The average Bonchev–Trinajstić information content (AvgIpc) is 3.06. The van der Waals surface area contributed by atoms with E-state index < -0.39 is 0 Å².